The van der Waals surface area contributed by atoms with Gasteiger partial charge in [0.05, 0.1) is 11.9 Å². The molecule has 0 fully saturated rings. The molecular formula is C3H6N2O2. The normalized spacial score (nSPS) is 13.0. The molecule has 0 aromatic heterocycles. The lowest BCUT2D eigenvalue weighted by atomic mass is 10.5. The number of hydrogen-bond acceptors (Lipinski definition) is 4. The van der Waals surface area contributed by atoms with Crippen LogP contribution in [0.5, 0.6) is 0 Å². The van der Waals surface area contributed by atoms with Gasteiger partial charge in [-0.3, -0.25) is 0 Å². The largest absolute Gasteiger partial charge is 0.411 e. The maximum absolute atomic E-state index is 7.85. The SMILES string of the molecule is CC(/C=N\O)=N\O. The molecule has 0 saturated carbocycles. The van der Waals surface area contributed by atoms with Crippen LogP contribution < -0.4 is 0 Å². The average molecular weight is 102 g/mol. The van der Waals surface area contributed by atoms with Crippen molar-refractivity contribution in [1.82, 2.24) is 0 Å². The third-order valence-electron chi connectivity index (χ3n) is 0.402. The van der Waals surface area contributed by atoms with E-state index in [-0.39, 0.29) is 5.71 Å². The summed E-state index contributed by atoms with van der Waals surface area (Å²) in [6.07, 6.45) is 1.03. The van der Waals surface area contributed by atoms with Crippen molar-refractivity contribution >= 4 is 11.9 Å². The highest BCUT2D eigenvalue weighted by Gasteiger charge is 1.77. The Labute approximate surface area is 40.8 Å². The first-order chi connectivity index (χ1) is 3.31. The van der Waals surface area contributed by atoms with E-state index in [0.717, 1.165) is 6.21 Å². The van der Waals surface area contributed by atoms with Gasteiger partial charge in [-0.1, -0.05) is 10.3 Å². The van der Waals surface area contributed by atoms with E-state index >= 15 is 0 Å². The third kappa shape index (κ3) is 2.75. The van der Waals surface area contributed by atoms with Gasteiger partial charge in [0.25, 0.3) is 0 Å². The van der Waals surface area contributed by atoms with Gasteiger partial charge in [-0.05, 0) is 6.92 Å². The molecule has 0 radical (unpaired) electrons. The second-order valence-corrected chi connectivity index (χ2v) is 0.986. The lowest BCUT2D eigenvalue weighted by Gasteiger charge is -1.76. The highest BCUT2D eigenvalue weighted by Crippen LogP contribution is 1.64. The van der Waals surface area contributed by atoms with Crippen molar-refractivity contribution in [3.05, 3.63) is 0 Å². The van der Waals surface area contributed by atoms with Crippen molar-refractivity contribution in [1.29, 1.82) is 0 Å². The van der Waals surface area contributed by atoms with Gasteiger partial charge in [0.15, 0.2) is 0 Å². The zero-order valence-electron chi connectivity index (χ0n) is 3.87. The van der Waals surface area contributed by atoms with Gasteiger partial charge in [-0.25, -0.2) is 0 Å². The molecule has 0 spiro atoms. The van der Waals surface area contributed by atoms with E-state index in [1.807, 2.05) is 0 Å². The van der Waals surface area contributed by atoms with Crippen LogP contribution in [0.25, 0.3) is 0 Å². The predicted octanol–water partition coefficient (Wildman–Crippen LogP) is 0.296. The first-order valence-corrected chi connectivity index (χ1v) is 1.67. The zero-order valence-corrected chi connectivity index (χ0v) is 3.87. The summed E-state index contributed by atoms with van der Waals surface area (Å²) in [6, 6.07) is 0. The van der Waals surface area contributed by atoms with Crippen LogP contribution in [0.4, 0.5) is 0 Å². The van der Waals surface area contributed by atoms with Crippen molar-refractivity contribution in [2.75, 3.05) is 0 Å². The summed E-state index contributed by atoms with van der Waals surface area (Å²) < 4.78 is 0. The highest BCUT2D eigenvalue weighted by atomic mass is 16.4. The minimum Gasteiger partial charge on any atom is -0.411 e. The molecule has 0 aliphatic rings. The van der Waals surface area contributed by atoms with E-state index in [0.29, 0.717) is 0 Å². The summed E-state index contributed by atoms with van der Waals surface area (Å²) in [7, 11) is 0. The maximum Gasteiger partial charge on any atom is 0.0980 e. The first-order valence-electron chi connectivity index (χ1n) is 1.67. The van der Waals surface area contributed by atoms with Gasteiger partial charge >= 0.3 is 0 Å². The van der Waals surface area contributed by atoms with Crippen LogP contribution in [0.1, 0.15) is 6.92 Å². The second-order valence-electron chi connectivity index (χ2n) is 0.986. The molecule has 0 aromatic rings. The van der Waals surface area contributed by atoms with Gasteiger partial charge in [-0.2, -0.15) is 0 Å². The van der Waals surface area contributed by atoms with Gasteiger partial charge < -0.3 is 10.4 Å². The fourth-order valence-electron chi connectivity index (χ4n) is 0.109. The molecular weight excluding hydrogens is 96.0 g/mol. The van der Waals surface area contributed by atoms with E-state index in [9.17, 15) is 0 Å². The molecule has 4 nitrogen and oxygen atoms in total. The van der Waals surface area contributed by atoms with E-state index in [4.69, 9.17) is 10.4 Å². The van der Waals surface area contributed by atoms with Crippen LogP contribution in [0, 0.1) is 0 Å². The molecule has 0 rings (SSSR count). The van der Waals surface area contributed by atoms with Crippen molar-refractivity contribution in [2.24, 2.45) is 10.3 Å². The van der Waals surface area contributed by atoms with Crippen LogP contribution in [-0.4, -0.2) is 22.3 Å². The number of rotatable bonds is 1. The number of nitrogens with zero attached hydrogens (tertiary/aromatic N) is 2. The highest BCUT2D eigenvalue weighted by molar-refractivity contribution is 6.28. The molecule has 0 aromatic carbocycles. The summed E-state index contributed by atoms with van der Waals surface area (Å²) in [5.74, 6) is 0. The lowest BCUT2D eigenvalue weighted by molar-refractivity contribution is 0.315. The Morgan fingerprint density at radius 2 is 2.14 bits per heavy atom. The van der Waals surface area contributed by atoms with Gasteiger partial charge in [-0.15, -0.1) is 0 Å². The second kappa shape index (κ2) is 3.14. The summed E-state index contributed by atoms with van der Waals surface area (Å²) in [6.45, 7) is 1.50. The number of hydrogen-bond donors (Lipinski definition) is 2. The third-order valence-corrected chi connectivity index (χ3v) is 0.402. The van der Waals surface area contributed by atoms with Crippen LogP contribution in [-0.2, 0) is 0 Å². The first kappa shape index (κ1) is 5.94. The molecule has 0 bridgehead atoms. The van der Waals surface area contributed by atoms with E-state index < -0.39 is 0 Å². The molecule has 0 unspecified atom stereocenters. The smallest absolute Gasteiger partial charge is 0.0980 e. The standard InChI is InChI=1S/C3H6N2O2/c1-3(5-7)2-4-6/h2,6-7H,1H3/b4-2-,5-3+. The van der Waals surface area contributed by atoms with E-state index in [1.54, 1.807) is 0 Å². The van der Waals surface area contributed by atoms with Gasteiger partial charge in [0, 0.05) is 0 Å². The van der Waals surface area contributed by atoms with Gasteiger partial charge in [0.2, 0.25) is 0 Å². The summed E-state index contributed by atoms with van der Waals surface area (Å²) in [4.78, 5) is 0. The van der Waals surface area contributed by atoms with E-state index in [2.05, 4.69) is 10.3 Å². The fraction of sp³-hybridized carbons (Fsp3) is 0.333. The molecule has 0 amide bonds. The van der Waals surface area contributed by atoms with Crippen LogP contribution in [0.2, 0.25) is 0 Å². The summed E-state index contributed by atoms with van der Waals surface area (Å²) in [5.41, 5.74) is 0.266. The molecule has 2 N–H and O–H groups in total. The van der Waals surface area contributed by atoms with Crippen LogP contribution in [0.15, 0.2) is 10.3 Å². The Morgan fingerprint density at radius 3 is 2.29 bits per heavy atom. The van der Waals surface area contributed by atoms with Crippen molar-refractivity contribution in [3.63, 3.8) is 0 Å². The van der Waals surface area contributed by atoms with E-state index in [1.165, 1.54) is 6.92 Å². The molecule has 4 heteroatoms. The molecule has 0 aliphatic carbocycles. The molecule has 7 heavy (non-hydrogen) atoms. The Kier molecular flexibility index (Phi) is 2.67. The predicted molar refractivity (Wildman–Crippen MR) is 25.2 cm³/mol. The Morgan fingerprint density at radius 1 is 1.57 bits per heavy atom. The fourth-order valence-corrected chi connectivity index (χ4v) is 0.109. The monoisotopic (exact) mass is 102 g/mol. The Hall–Kier alpha value is -1.06. The quantitative estimate of drug-likeness (QED) is 0.284. The number of oxime groups is 2. The van der Waals surface area contributed by atoms with Gasteiger partial charge in [0.1, 0.15) is 0 Å². The molecule has 0 heterocycles. The van der Waals surface area contributed by atoms with Crippen molar-refractivity contribution in [2.45, 2.75) is 6.92 Å². The minimum absolute atomic E-state index is 0.266. The molecule has 0 atom stereocenters. The Bertz CT molecular complexity index is 97.1. The zero-order chi connectivity index (χ0) is 5.70. The summed E-state index contributed by atoms with van der Waals surface area (Å²) in [5, 5.41) is 20.9. The van der Waals surface area contributed by atoms with Crippen molar-refractivity contribution in [3.8, 4) is 0 Å². The maximum atomic E-state index is 7.85. The van der Waals surface area contributed by atoms with Crippen molar-refractivity contribution < 1.29 is 10.4 Å². The van der Waals surface area contributed by atoms with Crippen LogP contribution in [0.3, 0.4) is 0 Å². The van der Waals surface area contributed by atoms with Crippen LogP contribution >= 0.6 is 0 Å². The Balaban J connectivity index is 3.58. The average Bonchev–Trinajstić information content (AvgIpc) is 1.68. The minimum atomic E-state index is 0.266. The lowest BCUT2D eigenvalue weighted by Crippen LogP contribution is -1.90. The summed E-state index contributed by atoms with van der Waals surface area (Å²) >= 11 is 0. The molecule has 0 saturated heterocycles. The molecule has 0 aliphatic heterocycles. The molecule has 40 valence electrons. The topological polar surface area (TPSA) is 65.2 Å².